The van der Waals surface area contributed by atoms with E-state index in [4.69, 9.17) is 0 Å². The van der Waals surface area contributed by atoms with Crippen molar-refractivity contribution < 1.29 is 19.2 Å². The lowest BCUT2D eigenvalue weighted by molar-refractivity contribution is -0.139. The molecule has 0 aromatic carbocycles. The minimum Gasteiger partial charge on any atom is -0.348 e. The van der Waals surface area contributed by atoms with Crippen molar-refractivity contribution in [3.63, 3.8) is 0 Å². The quantitative estimate of drug-likeness (QED) is 0.281. The molecule has 0 saturated heterocycles. The second kappa shape index (κ2) is 16.4. The Morgan fingerprint density at radius 2 is 0.769 bits per heavy atom. The summed E-state index contributed by atoms with van der Waals surface area (Å²) in [4.78, 5) is 46.2. The molecule has 4 N–H and O–H groups in total. The summed E-state index contributed by atoms with van der Waals surface area (Å²) in [6, 6.07) is 0. The topological polar surface area (TPSA) is 116 Å². The molecular formula is C18H34N4O4. The zero-order valence-corrected chi connectivity index (χ0v) is 16.1. The Labute approximate surface area is 156 Å². The molecule has 0 aromatic heterocycles. The Kier molecular flexibility index (Phi) is 15.0. The van der Waals surface area contributed by atoms with Crippen LogP contribution < -0.4 is 21.3 Å². The van der Waals surface area contributed by atoms with Crippen LogP contribution in [0.5, 0.6) is 0 Å². The fourth-order valence-electron chi connectivity index (χ4n) is 2.18. The average Bonchev–Trinajstić information content (AvgIpc) is 2.64. The first kappa shape index (κ1) is 23.9. The zero-order chi connectivity index (χ0) is 19.6. The van der Waals surface area contributed by atoms with E-state index in [9.17, 15) is 19.2 Å². The second-order valence-corrected chi connectivity index (χ2v) is 6.14. The lowest BCUT2D eigenvalue weighted by Gasteiger charge is -2.08. The van der Waals surface area contributed by atoms with Gasteiger partial charge in [0.25, 0.3) is 0 Å². The van der Waals surface area contributed by atoms with E-state index in [0.29, 0.717) is 13.1 Å². The molecule has 0 atom stereocenters. The molecule has 8 nitrogen and oxygen atoms in total. The lowest BCUT2D eigenvalue weighted by atomic mass is 10.2. The highest BCUT2D eigenvalue weighted by Crippen LogP contribution is 1.97. The third-order valence-corrected chi connectivity index (χ3v) is 3.74. The number of carbonyl (C=O) groups is 4. The highest BCUT2D eigenvalue weighted by molar-refractivity contribution is 6.35. The van der Waals surface area contributed by atoms with Gasteiger partial charge in [-0.05, 0) is 12.8 Å². The smallest absolute Gasteiger partial charge is 0.309 e. The molecule has 8 heteroatoms. The van der Waals surface area contributed by atoms with E-state index in [1.54, 1.807) is 0 Å². The molecule has 150 valence electrons. The van der Waals surface area contributed by atoms with Crippen LogP contribution in [0.3, 0.4) is 0 Å². The van der Waals surface area contributed by atoms with Crippen molar-refractivity contribution in [2.24, 2.45) is 0 Å². The SMILES string of the molecule is CCCCCCNC(=O)C(=O)NCCNC(=O)C(=O)NCCCCCC. The van der Waals surface area contributed by atoms with Crippen LogP contribution in [0.15, 0.2) is 0 Å². The number of amides is 4. The molecule has 0 bridgehead atoms. The molecule has 0 heterocycles. The third-order valence-electron chi connectivity index (χ3n) is 3.74. The van der Waals surface area contributed by atoms with Crippen LogP contribution in [0.1, 0.15) is 65.2 Å². The highest BCUT2D eigenvalue weighted by Gasteiger charge is 2.14. The van der Waals surface area contributed by atoms with E-state index in [2.05, 4.69) is 35.1 Å². The van der Waals surface area contributed by atoms with E-state index in [1.165, 1.54) is 0 Å². The molecule has 0 fully saturated rings. The van der Waals surface area contributed by atoms with Crippen LogP contribution in [-0.2, 0) is 19.2 Å². The number of unbranched alkanes of at least 4 members (excludes halogenated alkanes) is 6. The molecule has 26 heavy (non-hydrogen) atoms. The van der Waals surface area contributed by atoms with Gasteiger partial charge in [0.05, 0.1) is 0 Å². The van der Waals surface area contributed by atoms with E-state index in [-0.39, 0.29) is 13.1 Å². The predicted octanol–water partition coefficient (Wildman–Crippen LogP) is 0.612. The van der Waals surface area contributed by atoms with Crippen LogP contribution in [0.25, 0.3) is 0 Å². The lowest BCUT2D eigenvalue weighted by Crippen LogP contribution is -2.45. The van der Waals surface area contributed by atoms with Gasteiger partial charge in [-0.15, -0.1) is 0 Å². The van der Waals surface area contributed by atoms with Crippen LogP contribution in [0.4, 0.5) is 0 Å². The first-order valence-electron chi connectivity index (χ1n) is 9.64. The first-order chi connectivity index (χ1) is 12.5. The third kappa shape index (κ3) is 13.2. The molecule has 4 amide bonds. The second-order valence-electron chi connectivity index (χ2n) is 6.14. The largest absolute Gasteiger partial charge is 0.348 e. The maximum Gasteiger partial charge on any atom is 0.309 e. The van der Waals surface area contributed by atoms with Crippen molar-refractivity contribution >= 4 is 23.6 Å². The molecule has 0 spiro atoms. The Morgan fingerprint density at radius 1 is 0.462 bits per heavy atom. The van der Waals surface area contributed by atoms with Gasteiger partial charge in [-0.3, -0.25) is 19.2 Å². The number of rotatable bonds is 13. The van der Waals surface area contributed by atoms with Crippen molar-refractivity contribution in [2.45, 2.75) is 65.2 Å². The van der Waals surface area contributed by atoms with Crippen molar-refractivity contribution in [1.29, 1.82) is 0 Å². The fraction of sp³-hybridized carbons (Fsp3) is 0.778. The first-order valence-corrected chi connectivity index (χ1v) is 9.64. The fourth-order valence-corrected chi connectivity index (χ4v) is 2.18. The standard InChI is InChI=1S/C18H34N4O4/c1-3-5-7-9-11-19-15(23)17(25)21-13-14-22-18(26)16(24)20-12-10-8-6-4-2/h3-14H2,1-2H3,(H,19,23)(H,20,24)(H,21,25)(H,22,26). The van der Waals surface area contributed by atoms with Crippen LogP contribution in [0, 0.1) is 0 Å². The predicted molar refractivity (Wildman–Crippen MR) is 100 cm³/mol. The molecule has 0 aliphatic carbocycles. The summed E-state index contributed by atoms with van der Waals surface area (Å²) in [5.74, 6) is -2.85. The maximum absolute atomic E-state index is 11.6. The van der Waals surface area contributed by atoms with Gasteiger partial charge in [-0.2, -0.15) is 0 Å². The molecule has 0 aliphatic heterocycles. The van der Waals surface area contributed by atoms with Crippen molar-refractivity contribution in [3.8, 4) is 0 Å². The van der Waals surface area contributed by atoms with E-state index in [1.807, 2.05) is 0 Å². The van der Waals surface area contributed by atoms with E-state index >= 15 is 0 Å². The highest BCUT2D eigenvalue weighted by atomic mass is 16.2. The summed E-state index contributed by atoms with van der Waals surface area (Å²) in [5.41, 5.74) is 0. The molecule has 0 unspecified atom stereocenters. The van der Waals surface area contributed by atoms with Crippen LogP contribution >= 0.6 is 0 Å². The van der Waals surface area contributed by atoms with Gasteiger partial charge in [-0.25, -0.2) is 0 Å². The zero-order valence-electron chi connectivity index (χ0n) is 16.1. The summed E-state index contributed by atoms with van der Waals surface area (Å²) >= 11 is 0. The Morgan fingerprint density at radius 3 is 1.08 bits per heavy atom. The molecule has 0 saturated carbocycles. The molecule has 0 rings (SSSR count). The normalized spacial score (nSPS) is 10.1. The van der Waals surface area contributed by atoms with Gasteiger partial charge >= 0.3 is 23.6 Å². The molecule has 0 radical (unpaired) electrons. The Balaban J connectivity index is 3.69. The summed E-state index contributed by atoms with van der Waals surface area (Å²) in [7, 11) is 0. The van der Waals surface area contributed by atoms with E-state index in [0.717, 1.165) is 51.4 Å². The van der Waals surface area contributed by atoms with Gasteiger partial charge in [0, 0.05) is 26.2 Å². The summed E-state index contributed by atoms with van der Waals surface area (Å²) in [5, 5.41) is 9.88. The number of carbonyl (C=O) groups excluding carboxylic acids is 4. The van der Waals surface area contributed by atoms with Crippen molar-refractivity contribution in [2.75, 3.05) is 26.2 Å². The molecular weight excluding hydrogens is 336 g/mol. The van der Waals surface area contributed by atoms with Crippen LogP contribution in [0.2, 0.25) is 0 Å². The summed E-state index contributed by atoms with van der Waals surface area (Å²) in [6.45, 7) is 5.31. The van der Waals surface area contributed by atoms with Gasteiger partial charge in [0.15, 0.2) is 0 Å². The van der Waals surface area contributed by atoms with Gasteiger partial charge in [0.1, 0.15) is 0 Å². The Hall–Kier alpha value is -2.12. The average molecular weight is 370 g/mol. The van der Waals surface area contributed by atoms with Crippen molar-refractivity contribution in [1.82, 2.24) is 21.3 Å². The Bertz CT molecular complexity index is 401. The van der Waals surface area contributed by atoms with E-state index < -0.39 is 23.6 Å². The monoisotopic (exact) mass is 370 g/mol. The minimum atomic E-state index is -0.741. The maximum atomic E-state index is 11.6. The summed E-state index contributed by atoms with van der Waals surface area (Å²) in [6.07, 6.45) is 8.15. The van der Waals surface area contributed by atoms with Gasteiger partial charge in [-0.1, -0.05) is 52.4 Å². The van der Waals surface area contributed by atoms with Crippen molar-refractivity contribution in [3.05, 3.63) is 0 Å². The molecule has 0 aromatic rings. The number of hydrogen-bond acceptors (Lipinski definition) is 4. The van der Waals surface area contributed by atoms with Crippen LogP contribution in [-0.4, -0.2) is 49.8 Å². The summed E-state index contributed by atoms with van der Waals surface area (Å²) < 4.78 is 0. The molecule has 0 aliphatic rings. The number of nitrogens with one attached hydrogen (secondary N) is 4. The van der Waals surface area contributed by atoms with Gasteiger partial charge < -0.3 is 21.3 Å². The van der Waals surface area contributed by atoms with Gasteiger partial charge in [0.2, 0.25) is 0 Å². The minimum absolute atomic E-state index is 0.0810. The number of hydrogen-bond donors (Lipinski definition) is 4.